The van der Waals surface area contributed by atoms with Gasteiger partial charge in [-0.2, -0.15) is 0 Å². The van der Waals surface area contributed by atoms with E-state index in [1.165, 1.54) is 0 Å². The van der Waals surface area contributed by atoms with Gasteiger partial charge in [0.1, 0.15) is 0 Å². The van der Waals surface area contributed by atoms with E-state index in [1.807, 2.05) is 6.08 Å². The molecule has 0 atom stereocenters. The second kappa shape index (κ2) is 14.9. The molecule has 0 saturated carbocycles. The fourth-order valence-corrected chi connectivity index (χ4v) is 1.95. The lowest BCUT2D eigenvalue weighted by Gasteiger charge is -2.01. The monoisotopic (exact) mass is 294 g/mol. The topological polar surface area (TPSA) is 57.5 Å². The third-order valence-corrected chi connectivity index (χ3v) is 3.15. The van der Waals surface area contributed by atoms with Gasteiger partial charge in [-0.05, 0) is 38.2 Å². The highest BCUT2D eigenvalue weighted by Gasteiger charge is 1.97. The van der Waals surface area contributed by atoms with Crippen LogP contribution in [0.1, 0.15) is 71.1 Å². The van der Waals surface area contributed by atoms with Crippen LogP contribution in [0.3, 0.4) is 0 Å². The van der Waals surface area contributed by atoms with Crippen molar-refractivity contribution in [1.29, 1.82) is 0 Å². The molecule has 0 aliphatic heterocycles. The lowest BCUT2D eigenvalue weighted by molar-refractivity contribution is -0.137. The van der Waals surface area contributed by atoms with E-state index in [0.717, 1.165) is 57.8 Å². The van der Waals surface area contributed by atoms with E-state index in [0.29, 0.717) is 5.76 Å². The molecule has 3 nitrogen and oxygen atoms in total. The number of hydrogen-bond acceptors (Lipinski definition) is 2. The molecule has 3 heteroatoms. The summed E-state index contributed by atoms with van der Waals surface area (Å²) in [7, 11) is 0. The normalized spacial score (nSPS) is 12.5. The highest BCUT2D eigenvalue weighted by Crippen LogP contribution is 2.11. The van der Waals surface area contributed by atoms with Crippen LogP contribution >= 0.6 is 0 Å². The number of unbranched alkanes of at least 4 members (excludes halogenated alkanes) is 4. The SMILES string of the molecule is CCC=CCC=CCC=C(O)CCCCCCCC(=O)O. The van der Waals surface area contributed by atoms with Crippen molar-refractivity contribution in [1.82, 2.24) is 0 Å². The molecule has 0 aromatic rings. The molecule has 21 heavy (non-hydrogen) atoms. The molecule has 120 valence electrons. The van der Waals surface area contributed by atoms with Crippen LogP contribution in [-0.2, 0) is 4.79 Å². The van der Waals surface area contributed by atoms with Crippen molar-refractivity contribution in [3.8, 4) is 0 Å². The quantitative estimate of drug-likeness (QED) is 0.266. The first-order valence-corrected chi connectivity index (χ1v) is 8.06. The van der Waals surface area contributed by atoms with Crippen molar-refractivity contribution in [3.63, 3.8) is 0 Å². The van der Waals surface area contributed by atoms with Crippen LogP contribution in [0, 0.1) is 0 Å². The number of carbonyl (C=O) groups is 1. The molecule has 0 amide bonds. The summed E-state index contributed by atoms with van der Waals surface area (Å²) in [6, 6.07) is 0. The van der Waals surface area contributed by atoms with Crippen molar-refractivity contribution in [2.45, 2.75) is 71.1 Å². The molecule has 0 bridgehead atoms. The molecule has 0 aliphatic rings. The number of hydrogen-bond donors (Lipinski definition) is 2. The Labute approximate surface area is 129 Å². The molecule has 0 rings (SSSR count). The first-order valence-electron chi connectivity index (χ1n) is 8.06. The van der Waals surface area contributed by atoms with Crippen molar-refractivity contribution >= 4 is 5.97 Å². The van der Waals surface area contributed by atoms with E-state index in [-0.39, 0.29) is 6.42 Å². The van der Waals surface area contributed by atoms with E-state index in [1.54, 1.807) is 0 Å². The van der Waals surface area contributed by atoms with E-state index >= 15 is 0 Å². The van der Waals surface area contributed by atoms with Gasteiger partial charge in [0.05, 0.1) is 5.76 Å². The van der Waals surface area contributed by atoms with Crippen molar-refractivity contribution in [2.24, 2.45) is 0 Å². The van der Waals surface area contributed by atoms with Crippen LogP contribution in [-0.4, -0.2) is 16.2 Å². The summed E-state index contributed by atoms with van der Waals surface area (Å²) >= 11 is 0. The third kappa shape index (κ3) is 16.4. The molecule has 0 saturated heterocycles. The zero-order chi connectivity index (χ0) is 15.8. The van der Waals surface area contributed by atoms with Crippen molar-refractivity contribution in [2.75, 3.05) is 0 Å². The Hall–Kier alpha value is -1.51. The average molecular weight is 294 g/mol. The lowest BCUT2D eigenvalue weighted by atomic mass is 10.1. The molecule has 0 aliphatic carbocycles. The second-order valence-corrected chi connectivity index (χ2v) is 5.18. The number of carboxylic acid groups (broad SMARTS) is 1. The minimum Gasteiger partial charge on any atom is -0.513 e. The van der Waals surface area contributed by atoms with E-state index in [4.69, 9.17) is 5.11 Å². The van der Waals surface area contributed by atoms with Gasteiger partial charge in [0.15, 0.2) is 0 Å². The smallest absolute Gasteiger partial charge is 0.303 e. The van der Waals surface area contributed by atoms with Gasteiger partial charge in [-0.1, -0.05) is 50.5 Å². The number of allylic oxidation sites excluding steroid dienone is 6. The molecule has 2 N–H and O–H groups in total. The summed E-state index contributed by atoms with van der Waals surface area (Å²) in [4.78, 5) is 10.3. The molecular weight excluding hydrogens is 264 g/mol. The lowest BCUT2D eigenvalue weighted by Crippen LogP contribution is -1.93. The van der Waals surface area contributed by atoms with E-state index in [9.17, 15) is 9.90 Å². The van der Waals surface area contributed by atoms with Crippen molar-refractivity contribution < 1.29 is 15.0 Å². The van der Waals surface area contributed by atoms with Crippen LogP contribution in [0.25, 0.3) is 0 Å². The summed E-state index contributed by atoms with van der Waals surface area (Å²) in [5, 5.41) is 18.2. The predicted octanol–water partition coefficient (Wildman–Crippen LogP) is 5.55. The summed E-state index contributed by atoms with van der Waals surface area (Å²) < 4.78 is 0. The van der Waals surface area contributed by atoms with Crippen LogP contribution < -0.4 is 0 Å². The second-order valence-electron chi connectivity index (χ2n) is 5.18. The molecule has 0 aromatic carbocycles. The minimum atomic E-state index is -0.714. The van der Waals surface area contributed by atoms with Crippen LogP contribution in [0.15, 0.2) is 36.1 Å². The Bertz CT molecular complexity index is 340. The maximum atomic E-state index is 10.3. The summed E-state index contributed by atoms with van der Waals surface area (Å²) in [5.74, 6) is -0.247. The first-order chi connectivity index (χ1) is 10.2. The molecule has 0 spiro atoms. The highest BCUT2D eigenvalue weighted by atomic mass is 16.4. The number of rotatable bonds is 13. The van der Waals surface area contributed by atoms with Crippen LogP contribution in [0.5, 0.6) is 0 Å². The number of aliphatic hydroxyl groups is 1. The molecule has 0 radical (unpaired) electrons. The van der Waals surface area contributed by atoms with Gasteiger partial charge in [0.2, 0.25) is 0 Å². The number of carboxylic acids is 1. The number of aliphatic hydroxyl groups excluding tert-OH is 1. The number of aliphatic carboxylic acids is 1. The zero-order valence-electron chi connectivity index (χ0n) is 13.3. The molecule has 0 unspecified atom stereocenters. The van der Waals surface area contributed by atoms with E-state index in [2.05, 4.69) is 31.2 Å². The van der Waals surface area contributed by atoms with Gasteiger partial charge in [-0.3, -0.25) is 4.79 Å². The molecule has 0 aromatic heterocycles. The summed E-state index contributed by atoms with van der Waals surface area (Å²) in [6.07, 6.45) is 18.9. The maximum Gasteiger partial charge on any atom is 0.303 e. The van der Waals surface area contributed by atoms with Gasteiger partial charge in [-0.15, -0.1) is 0 Å². The average Bonchev–Trinajstić information content (AvgIpc) is 2.45. The Balaban J connectivity index is 3.47. The maximum absolute atomic E-state index is 10.3. The molecule has 0 heterocycles. The zero-order valence-corrected chi connectivity index (χ0v) is 13.3. The third-order valence-electron chi connectivity index (χ3n) is 3.15. The summed E-state index contributed by atoms with van der Waals surface area (Å²) in [6.45, 7) is 2.12. The standard InChI is InChI=1S/C18H30O3/c1-2-3-4-5-6-8-11-14-17(19)15-12-9-7-10-13-16-18(20)21/h3-4,6,8,14,19H,2,5,7,9-13,15-16H2,1H3,(H,20,21). The largest absolute Gasteiger partial charge is 0.513 e. The van der Waals surface area contributed by atoms with Crippen LogP contribution in [0.4, 0.5) is 0 Å². The molecular formula is C18H30O3. The predicted molar refractivity (Wildman–Crippen MR) is 88.5 cm³/mol. The Morgan fingerprint density at radius 3 is 2.05 bits per heavy atom. The van der Waals surface area contributed by atoms with Gasteiger partial charge in [0.25, 0.3) is 0 Å². The fraction of sp³-hybridized carbons (Fsp3) is 0.611. The Morgan fingerprint density at radius 1 is 0.810 bits per heavy atom. The van der Waals surface area contributed by atoms with Gasteiger partial charge in [-0.25, -0.2) is 0 Å². The summed E-state index contributed by atoms with van der Waals surface area (Å²) in [5.41, 5.74) is 0. The fourth-order valence-electron chi connectivity index (χ4n) is 1.95. The van der Waals surface area contributed by atoms with Gasteiger partial charge < -0.3 is 10.2 Å². The Kier molecular flexibility index (Phi) is 13.8. The van der Waals surface area contributed by atoms with Gasteiger partial charge >= 0.3 is 5.97 Å². The molecule has 0 fully saturated rings. The Morgan fingerprint density at radius 2 is 1.38 bits per heavy atom. The van der Waals surface area contributed by atoms with E-state index < -0.39 is 5.97 Å². The first kappa shape index (κ1) is 19.5. The van der Waals surface area contributed by atoms with Crippen molar-refractivity contribution in [3.05, 3.63) is 36.1 Å². The van der Waals surface area contributed by atoms with Crippen LogP contribution in [0.2, 0.25) is 0 Å². The minimum absolute atomic E-state index is 0.269. The van der Waals surface area contributed by atoms with Gasteiger partial charge in [0, 0.05) is 12.8 Å². The highest BCUT2D eigenvalue weighted by molar-refractivity contribution is 5.66.